The fraction of sp³-hybridized carbons (Fsp3) is 0.125. The summed E-state index contributed by atoms with van der Waals surface area (Å²) in [6, 6.07) is 8.20. The van der Waals surface area contributed by atoms with Gasteiger partial charge in [0.1, 0.15) is 11.9 Å². The Bertz CT molecular complexity index is 1470. The number of anilines is 1. The maximum atomic E-state index is 13.6. The van der Waals surface area contributed by atoms with Gasteiger partial charge < -0.3 is 14.4 Å². The van der Waals surface area contributed by atoms with Crippen LogP contribution in [-0.2, 0) is 4.79 Å². The summed E-state index contributed by atoms with van der Waals surface area (Å²) in [6.07, 6.45) is 0. The molecule has 2 atom stereocenters. The van der Waals surface area contributed by atoms with E-state index in [0.717, 1.165) is 4.90 Å². The summed E-state index contributed by atoms with van der Waals surface area (Å²) in [6.45, 7) is 0.0322. The number of hydrogen-bond acceptors (Lipinski definition) is 5. The molecule has 3 aromatic rings. The van der Waals surface area contributed by atoms with Gasteiger partial charge in [-0.25, -0.2) is 4.39 Å². The Morgan fingerprint density at radius 2 is 1.31 bits per heavy atom. The summed E-state index contributed by atoms with van der Waals surface area (Å²) < 4.78 is 24.4. The number of amides is 3. The normalized spacial score (nSPS) is 20.2. The first-order valence-corrected chi connectivity index (χ1v) is 11.9. The van der Waals surface area contributed by atoms with Crippen molar-refractivity contribution >= 4 is 69.8 Å². The van der Waals surface area contributed by atoms with Gasteiger partial charge in [0.05, 0.1) is 37.3 Å². The van der Waals surface area contributed by atoms with Gasteiger partial charge in [0.2, 0.25) is 6.79 Å². The second kappa shape index (κ2) is 8.24. The number of nitrogens with zero attached hydrogens (tertiary/aromatic N) is 2. The lowest BCUT2D eigenvalue weighted by Crippen LogP contribution is -2.67. The molecule has 0 N–H and O–H groups in total. The number of carbonyl (C=O) groups excluding carboxylic acids is 3. The molecule has 0 radical (unpaired) electrons. The van der Waals surface area contributed by atoms with Crippen LogP contribution in [-0.4, -0.2) is 35.5 Å². The molecule has 36 heavy (non-hydrogen) atoms. The largest absolute Gasteiger partial charge is 0.454 e. The zero-order chi connectivity index (χ0) is 25.5. The van der Waals surface area contributed by atoms with Crippen molar-refractivity contribution in [3.05, 3.63) is 85.1 Å². The first-order valence-electron chi connectivity index (χ1n) is 10.4. The zero-order valence-corrected chi connectivity index (χ0v) is 20.8. The summed E-state index contributed by atoms with van der Waals surface area (Å²) in [5.41, 5.74) is 0.481. The van der Waals surface area contributed by atoms with Crippen LogP contribution in [0.15, 0.2) is 42.5 Å². The number of carbonyl (C=O) groups is 3. The Labute approximate surface area is 222 Å². The summed E-state index contributed by atoms with van der Waals surface area (Å²) in [4.78, 5) is 42.6. The Kier molecular flexibility index (Phi) is 5.35. The molecule has 182 valence electrons. The average molecular weight is 568 g/mol. The molecule has 12 heteroatoms. The number of ether oxygens (including phenoxy) is 2. The molecule has 2 unspecified atom stereocenters. The molecule has 0 aliphatic carbocycles. The molecule has 0 saturated carbocycles. The first-order chi connectivity index (χ1) is 17.2. The molecule has 0 bridgehead atoms. The quantitative estimate of drug-likeness (QED) is 0.170. The smallest absolute Gasteiger partial charge is 0.264 e. The van der Waals surface area contributed by atoms with Gasteiger partial charge in [0.25, 0.3) is 17.7 Å². The summed E-state index contributed by atoms with van der Waals surface area (Å²) in [7, 11) is 0. The Morgan fingerprint density at radius 1 is 0.722 bits per heavy atom. The Hall–Kier alpha value is -3.04. The lowest BCUT2D eigenvalue weighted by molar-refractivity contribution is -0.130. The summed E-state index contributed by atoms with van der Waals surface area (Å²) >= 11 is 24.8. The lowest BCUT2D eigenvalue weighted by atomic mass is 9.86. The van der Waals surface area contributed by atoms with Gasteiger partial charge in [0, 0.05) is 5.69 Å². The standard InChI is InChI=1S/C24H11Cl4FN2O5/c25-16-14-15(17(26)19(28)18(16)27)23(33)31(22(14)32)21-20(9-1-6-12-13(7-9)36-8-35-12)30(24(21)34)11-4-2-10(29)3-5-11/h1-7,20-21H,8H2. The molecule has 3 heterocycles. The highest BCUT2D eigenvalue weighted by molar-refractivity contribution is 6.55. The van der Waals surface area contributed by atoms with Gasteiger partial charge in [-0.2, -0.15) is 0 Å². The third kappa shape index (κ3) is 3.15. The Morgan fingerprint density at radius 3 is 1.92 bits per heavy atom. The first kappa shape index (κ1) is 23.4. The van der Waals surface area contributed by atoms with Crippen molar-refractivity contribution in [1.82, 2.24) is 4.90 Å². The van der Waals surface area contributed by atoms with Crippen molar-refractivity contribution in [2.24, 2.45) is 0 Å². The number of fused-ring (bicyclic) bond motifs is 2. The van der Waals surface area contributed by atoms with Crippen molar-refractivity contribution in [1.29, 1.82) is 0 Å². The van der Waals surface area contributed by atoms with Crippen LogP contribution in [0.2, 0.25) is 20.1 Å². The summed E-state index contributed by atoms with van der Waals surface area (Å²) in [5.74, 6) is -1.76. The predicted molar refractivity (Wildman–Crippen MR) is 130 cm³/mol. The van der Waals surface area contributed by atoms with E-state index in [2.05, 4.69) is 0 Å². The van der Waals surface area contributed by atoms with Crippen LogP contribution in [0.1, 0.15) is 32.3 Å². The van der Waals surface area contributed by atoms with Crippen molar-refractivity contribution in [3.63, 3.8) is 0 Å². The minimum atomic E-state index is -1.26. The minimum Gasteiger partial charge on any atom is -0.454 e. The highest BCUT2D eigenvalue weighted by atomic mass is 35.5. The number of β-lactam (4-membered cyclic amide) rings is 1. The van der Waals surface area contributed by atoms with E-state index in [1.54, 1.807) is 18.2 Å². The second-order valence-corrected chi connectivity index (χ2v) is 9.69. The van der Waals surface area contributed by atoms with Crippen molar-refractivity contribution in [2.75, 3.05) is 11.7 Å². The van der Waals surface area contributed by atoms with E-state index in [0.29, 0.717) is 22.7 Å². The molecule has 3 aliphatic heterocycles. The second-order valence-electron chi connectivity index (χ2n) is 8.17. The SMILES string of the molecule is O=C1c2c(Cl)c(Cl)c(Cl)c(Cl)c2C(=O)N1C1C(=O)N(c2ccc(F)cc2)C1c1ccc2c(c1)OCO2. The molecular formula is C24H11Cl4FN2O5. The number of benzene rings is 3. The van der Waals surface area contributed by atoms with Crippen LogP contribution < -0.4 is 14.4 Å². The van der Waals surface area contributed by atoms with Gasteiger partial charge in [-0.05, 0) is 42.0 Å². The van der Waals surface area contributed by atoms with Crippen molar-refractivity contribution in [2.45, 2.75) is 12.1 Å². The van der Waals surface area contributed by atoms with E-state index in [-0.39, 0.29) is 38.0 Å². The minimum absolute atomic E-state index is 0.0322. The maximum absolute atomic E-state index is 13.6. The van der Waals surface area contributed by atoms with Crippen LogP contribution in [0.3, 0.4) is 0 Å². The van der Waals surface area contributed by atoms with Crippen LogP contribution >= 0.6 is 46.4 Å². The van der Waals surface area contributed by atoms with Crippen molar-refractivity contribution in [3.8, 4) is 11.5 Å². The van der Waals surface area contributed by atoms with Crippen LogP contribution in [0.5, 0.6) is 11.5 Å². The molecule has 1 fully saturated rings. The van der Waals surface area contributed by atoms with Gasteiger partial charge in [-0.3, -0.25) is 19.3 Å². The highest BCUT2D eigenvalue weighted by Gasteiger charge is 2.58. The molecule has 3 amide bonds. The van der Waals surface area contributed by atoms with Gasteiger partial charge in [0.15, 0.2) is 11.5 Å². The molecule has 6 rings (SSSR count). The molecular weight excluding hydrogens is 557 g/mol. The van der Waals surface area contributed by atoms with Crippen LogP contribution in [0.4, 0.5) is 10.1 Å². The van der Waals surface area contributed by atoms with E-state index in [9.17, 15) is 18.8 Å². The molecule has 0 spiro atoms. The van der Waals surface area contributed by atoms with Gasteiger partial charge in [-0.15, -0.1) is 0 Å². The Balaban J connectivity index is 1.48. The number of halogens is 5. The number of imide groups is 1. The van der Waals surface area contributed by atoms with E-state index in [1.807, 2.05) is 0 Å². The summed E-state index contributed by atoms with van der Waals surface area (Å²) in [5, 5.41) is -0.817. The van der Waals surface area contributed by atoms with Crippen LogP contribution in [0.25, 0.3) is 0 Å². The van der Waals surface area contributed by atoms with Crippen molar-refractivity contribution < 1.29 is 28.2 Å². The molecule has 3 aromatic carbocycles. The maximum Gasteiger partial charge on any atom is 0.264 e. The van der Waals surface area contributed by atoms with E-state index in [4.69, 9.17) is 55.9 Å². The fourth-order valence-electron chi connectivity index (χ4n) is 4.66. The molecule has 3 aliphatic rings. The lowest BCUT2D eigenvalue weighted by Gasteiger charge is -2.49. The highest BCUT2D eigenvalue weighted by Crippen LogP contribution is 2.50. The monoisotopic (exact) mass is 566 g/mol. The van der Waals surface area contributed by atoms with Gasteiger partial charge >= 0.3 is 0 Å². The zero-order valence-electron chi connectivity index (χ0n) is 17.7. The van der Waals surface area contributed by atoms with E-state index < -0.39 is 35.6 Å². The molecule has 0 aromatic heterocycles. The fourth-order valence-corrected chi connectivity index (χ4v) is 5.68. The topological polar surface area (TPSA) is 76.2 Å². The third-order valence-corrected chi connectivity index (χ3v) is 8.12. The van der Waals surface area contributed by atoms with Gasteiger partial charge in [-0.1, -0.05) is 52.5 Å². The predicted octanol–water partition coefficient (Wildman–Crippen LogP) is 5.92. The average Bonchev–Trinajstić information content (AvgIpc) is 3.43. The van der Waals surface area contributed by atoms with E-state index >= 15 is 0 Å². The molecule has 1 saturated heterocycles. The van der Waals surface area contributed by atoms with E-state index in [1.165, 1.54) is 29.2 Å². The number of rotatable bonds is 3. The van der Waals surface area contributed by atoms with Crippen LogP contribution in [0, 0.1) is 5.82 Å². The molecule has 7 nitrogen and oxygen atoms in total. The number of hydrogen-bond donors (Lipinski definition) is 0. The third-order valence-electron chi connectivity index (χ3n) is 6.32.